The molecule has 5 rings (SSSR count). The standard InChI is InChI=1S/C25H34O7/c1-15(26)30-14-20(28)25(29)7-6-18-17-5-4-16-12-24(31-10-11-32-24)9-8-22(16,2)21(17)19(27)13-23(18,25)3/h4,17-18,21,29H,5-14H2,1-3H3/t17-,18-,21+,22+,23+,25-/m1/s1. The number of hydrogen-bond donors (Lipinski definition) is 1. The lowest BCUT2D eigenvalue weighted by molar-refractivity contribution is -0.190. The van der Waals surface area contributed by atoms with Crippen molar-refractivity contribution in [3.63, 3.8) is 0 Å². The maximum atomic E-state index is 13.7. The van der Waals surface area contributed by atoms with Crippen LogP contribution in [0.15, 0.2) is 11.6 Å². The lowest BCUT2D eigenvalue weighted by Gasteiger charge is -2.58. The van der Waals surface area contributed by atoms with Crippen molar-refractivity contribution in [1.29, 1.82) is 0 Å². The molecule has 0 aromatic carbocycles. The summed E-state index contributed by atoms with van der Waals surface area (Å²) in [6, 6.07) is 0. The molecule has 7 heteroatoms. The Morgan fingerprint density at radius 1 is 1.16 bits per heavy atom. The summed E-state index contributed by atoms with van der Waals surface area (Å²) < 4.78 is 16.8. The first-order chi connectivity index (χ1) is 15.0. The number of aliphatic hydroxyl groups is 1. The molecule has 0 aromatic rings. The zero-order chi connectivity index (χ0) is 22.9. The fourth-order valence-corrected chi connectivity index (χ4v) is 7.93. The minimum absolute atomic E-state index is 0.0703. The van der Waals surface area contributed by atoms with E-state index in [1.54, 1.807) is 0 Å². The molecule has 4 fully saturated rings. The topological polar surface area (TPSA) is 99.1 Å². The molecule has 5 aliphatic rings. The molecule has 4 aliphatic carbocycles. The summed E-state index contributed by atoms with van der Waals surface area (Å²) in [4.78, 5) is 37.9. The normalized spacial score (nSPS) is 44.4. The summed E-state index contributed by atoms with van der Waals surface area (Å²) in [6.45, 7) is 6.14. The average molecular weight is 447 g/mol. The molecule has 0 unspecified atom stereocenters. The van der Waals surface area contributed by atoms with Gasteiger partial charge in [0.1, 0.15) is 11.4 Å². The van der Waals surface area contributed by atoms with Gasteiger partial charge >= 0.3 is 5.97 Å². The zero-order valence-corrected chi connectivity index (χ0v) is 19.3. The van der Waals surface area contributed by atoms with Gasteiger partial charge in [-0.25, -0.2) is 0 Å². The van der Waals surface area contributed by atoms with Crippen molar-refractivity contribution in [2.24, 2.45) is 28.6 Å². The minimum atomic E-state index is -1.64. The molecule has 6 atom stereocenters. The number of Topliss-reactive ketones (excluding diaryl/α,β-unsaturated/α-hetero) is 2. The molecule has 1 N–H and O–H groups in total. The molecule has 1 aliphatic heterocycles. The van der Waals surface area contributed by atoms with E-state index in [1.807, 2.05) is 6.92 Å². The predicted octanol–water partition coefficient (Wildman–Crippen LogP) is 2.73. The molecule has 32 heavy (non-hydrogen) atoms. The van der Waals surface area contributed by atoms with Crippen LogP contribution in [0.5, 0.6) is 0 Å². The van der Waals surface area contributed by atoms with Crippen molar-refractivity contribution < 1.29 is 33.7 Å². The smallest absolute Gasteiger partial charge is 0.303 e. The van der Waals surface area contributed by atoms with Gasteiger partial charge in [-0.05, 0) is 42.9 Å². The van der Waals surface area contributed by atoms with Gasteiger partial charge in [0.2, 0.25) is 5.78 Å². The van der Waals surface area contributed by atoms with E-state index in [4.69, 9.17) is 14.2 Å². The molecule has 1 spiro atoms. The van der Waals surface area contributed by atoms with Crippen LogP contribution in [0.3, 0.4) is 0 Å². The molecule has 3 saturated carbocycles. The van der Waals surface area contributed by atoms with Gasteiger partial charge in [-0.15, -0.1) is 0 Å². The molecule has 0 aromatic heterocycles. The van der Waals surface area contributed by atoms with Crippen LogP contribution in [-0.2, 0) is 28.6 Å². The Morgan fingerprint density at radius 3 is 2.56 bits per heavy atom. The van der Waals surface area contributed by atoms with Crippen LogP contribution < -0.4 is 0 Å². The van der Waals surface area contributed by atoms with Crippen LogP contribution in [0.1, 0.15) is 65.7 Å². The molecule has 0 amide bonds. The number of carbonyl (C=O) groups is 3. The second kappa shape index (κ2) is 7.21. The number of esters is 1. The third-order valence-corrected chi connectivity index (χ3v) is 9.64. The highest BCUT2D eigenvalue weighted by atomic mass is 16.7. The van der Waals surface area contributed by atoms with Gasteiger partial charge in [-0.2, -0.15) is 0 Å². The Kier molecular flexibility index (Phi) is 5.01. The van der Waals surface area contributed by atoms with E-state index in [9.17, 15) is 19.5 Å². The minimum Gasteiger partial charge on any atom is -0.458 e. The third-order valence-electron chi connectivity index (χ3n) is 9.64. The van der Waals surface area contributed by atoms with Gasteiger partial charge in [0, 0.05) is 37.5 Å². The second-order valence-corrected chi connectivity index (χ2v) is 11.1. The summed E-state index contributed by atoms with van der Waals surface area (Å²) >= 11 is 0. The monoisotopic (exact) mass is 446 g/mol. The van der Waals surface area contributed by atoms with Crippen molar-refractivity contribution >= 4 is 17.5 Å². The van der Waals surface area contributed by atoms with Crippen LogP contribution in [0.25, 0.3) is 0 Å². The highest BCUT2D eigenvalue weighted by Crippen LogP contribution is 2.67. The second-order valence-electron chi connectivity index (χ2n) is 11.1. The van der Waals surface area contributed by atoms with Crippen molar-refractivity contribution in [1.82, 2.24) is 0 Å². The first-order valence-electron chi connectivity index (χ1n) is 11.9. The van der Waals surface area contributed by atoms with E-state index < -0.39 is 35.2 Å². The Hall–Kier alpha value is -1.57. The molecular formula is C25H34O7. The van der Waals surface area contributed by atoms with Crippen molar-refractivity contribution in [3.05, 3.63) is 11.6 Å². The van der Waals surface area contributed by atoms with E-state index >= 15 is 0 Å². The summed E-state index contributed by atoms with van der Waals surface area (Å²) in [5.74, 6) is -1.36. The Bertz CT molecular complexity index is 887. The number of fused-ring (bicyclic) bond motifs is 5. The maximum absolute atomic E-state index is 13.7. The molecule has 1 heterocycles. The van der Waals surface area contributed by atoms with Gasteiger partial charge in [-0.3, -0.25) is 14.4 Å². The molecule has 7 nitrogen and oxygen atoms in total. The van der Waals surface area contributed by atoms with E-state index in [1.165, 1.54) is 12.5 Å². The number of carbonyl (C=O) groups excluding carboxylic acids is 3. The number of allylic oxidation sites excluding steroid dienone is 1. The largest absolute Gasteiger partial charge is 0.458 e. The number of ether oxygens (including phenoxy) is 3. The highest BCUT2D eigenvalue weighted by molar-refractivity contribution is 5.93. The van der Waals surface area contributed by atoms with Crippen molar-refractivity contribution in [3.8, 4) is 0 Å². The zero-order valence-electron chi connectivity index (χ0n) is 19.3. The average Bonchev–Trinajstić information content (AvgIpc) is 3.29. The van der Waals surface area contributed by atoms with E-state index in [-0.39, 0.29) is 35.4 Å². The molecule has 0 radical (unpaired) electrons. The Labute approximate surface area is 188 Å². The number of rotatable bonds is 3. The van der Waals surface area contributed by atoms with Gasteiger partial charge in [0.05, 0.1) is 13.2 Å². The van der Waals surface area contributed by atoms with E-state index in [0.29, 0.717) is 32.5 Å². The number of hydrogen-bond acceptors (Lipinski definition) is 7. The fraction of sp³-hybridized carbons (Fsp3) is 0.800. The number of ketones is 2. The van der Waals surface area contributed by atoms with Crippen molar-refractivity contribution in [2.75, 3.05) is 19.8 Å². The first kappa shape index (κ1) is 22.2. The molecule has 1 saturated heterocycles. The van der Waals surface area contributed by atoms with Crippen LogP contribution in [0, 0.1) is 28.6 Å². The summed E-state index contributed by atoms with van der Waals surface area (Å²) in [7, 11) is 0. The van der Waals surface area contributed by atoms with Gasteiger partial charge < -0.3 is 19.3 Å². The maximum Gasteiger partial charge on any atom is 0.303 e. The predicted molar refractivity (Wildman–Crippen MR) is 113 cm³/mol. The quantitative estimate of drug-likeness (QED) is 0.526. The molecular weight excluding hydrogens is 412 g/mol. The van der Waals surface area contributed by atoms with Crippen LogP contribution in [-0.4, -0.2) is 53.9 Å². The van der Waals surface area contributed by atoms with Gasteiger partial charge in [-0.1, -0.05) is 25.5 Å². The summed E-state index contributed by atoms with van der Waals surface area (Å²) in [6.07, 6.45) is 6.57. The molecule has 0 bridgehead atoms. The first-order valence-corrected chi connectivity index (χ1v) is 11.9. The fourth-order valence-electron chi connectivity index (χ4n) is 7.93. The lowest BCUT2D eigenvalue weighted by atomic mass is 9.46. The van der Waals surface area contributed by atoms with Gasteiger partial charge in [0.25, 0.3) is 0 Å². The lowest BCUT2D eigenvalue weighted by Crippen LogP contribution is -2.61. The Balaban J connectivity index is 1.44. The van der Waals surface area contributed by atoms with Crippen molar-refractivity contribution in [2.45, 2.75) is 77.1 Å². The molecule has 176 valence electrons. The van der Waals surface area contributed by atoms with Crippen LogP contribution >= 0.6 is 0 Å². The summed E-state index contributed by atoms with van der Waals surface area (Å²) in [5.41, 5.74) is -1.44. The van der Waals surface area contributed by atoms with E-state index in [0.717, 1.165) is 19.3 Å². The highest BCUT2D eigenvalue weighted by Gasteiger charge is 2.68. The third kappa shape index (κ3) is 2.93. The SMILES string of the molecule is CC(=O)OCC(=O)[C@]1(O)CC[C@@H]2[C@H]3CC=C4CC5(CC[C@]4(C)[C@@H]3C(=O)C[C@@]21C)OCCO5. The van der Waals surface area contributed by atoms with Crippen LogP contribution in [0.4, 0.5) is 0 Å². The van der Waals surface area contributed by atoms with Gasteiger partial charge in [0.15, 0.2) is 12.4 Å². The Morgan fingerprint density at radius 2 is 1.88 bits per heavy atom. The summed E-state index contributed by atoms with van der Waals surface area (Å²) in [5, 5.41) is 11.5. The van der Waals surface area contributed by atoms with E-state index in [2.05, 4.69) is 13.0 Å². The van der Waals surface area contributed by atoms with Crippen LogP contribution in [0.2, 0.25) is 0 Å².